The maximum absolute atomic E-state index is 6.11. The molecule has 1 heterocycles. The Labute approximate surface area is 102 Å². The molecule has 1 unspecified atom stereocenters. The predicted molar refractivity (Wildman–Crippen MR) is 65.4 cm³/mol. The van der Waals surface area contributed by atoms with Crippen LogP contribution in [0, 0.1) is 0 Å². The van der Waals surface area contributed by atoms with Gasteiger partial charge in [-0.1, -0.05) is 15.9 Å². The molecule has 2 rings (SSSR count). The minimum Gasteiger partial charge on any atom is -0.497 e. The molecule has 1 aromatic carbocycles. The van der Waals surface area contributed by atoms with E-state index in [2.05, 4.69) is 15.9 Å². The molecular weight excluding hydrogens is 270 g/mol. The first-order chi connectivity index (χ1) is 7.72. The summed E-state index contributed by atoms with van der Waals surface area (Å²) >= 11 is 3.47. The molecule has 0 spiro atoms. The minimum atomic E-state index is -0.292. The number of nitrogens with two attached hydrogens (primary N) is 1. The summed E-state index contributed by atoms with van der Waals surface area (Å²) in [7, 11) is 1.63. The number of hydrogen-bond donors (Lipinski definition) is 1. The maximum Gasteiger partial charge on any atom is 0.125 e. The van der Waals surface area contributed by atoms with Crippen molar-refractivity contribution in [1.29, 1.82) is 0 Å². The van der Waals surface area contributed by atoms with Crippen LogP contribution >= 0.6 is 15.9 Å². The van der Waals surface area contributed by atoms with Gasteiger partial charge in [-0.15, -0.1) is 0 Å². The highest BCUT2D eigenvalue weighted by Crippen LogP contribution is 2.30. The molecule has 0 aliphatic heterocycles. The molecular formula is C12H12BrNO2. The van der Waals surface area contributed by atoms with E-state index in [1.165, 1.54) is 0 Å². The lowest BCUT2D eigenvalue weighted by Crippen LogP contribution is -2.11. The van der Waals surface area contributed by atoms with Gasteiger partial charge in [0.1, 0.15) is 11.5 Å². The smallest absolute Gasteiger partial charge is 0.125 e. The molecule has 4 heteroatoms. The van der Waals surface area contributed by atoms with Crippen molar-refractivity contribution in [3.8, 4) is 5.75 Å². The molecule has 0 saturated carbocycles. The molecule has 0 aliphatic rings. The maximum atomic E-state index is 6.11. The van der Waals surface area contributed by atoms with E-state index in [0.29, 0.717) is 0 Å². The number of methoxy groups -OCH3 is 1. The lowest BCUT2D eigenvalue weighted by atomic mass is 10.1. The number of benzene rings is 1. The van der Waals surface area contributed by atoms with Gasteiger partial charge in [0.15, 0.2) is 0 Å². The summed E-state index contributed by atoms with van der Waals surface area (Å²) in [5, 5.41) is 0. The van der Waals surface area contributed by atoms with E-state index in [9.17, 15) is 0 Å². The lowest BCUT2D eigenvalue weighted by Gasteiger charge is -2.12. The Bertz CT molecular complexity index is 468. The van der Waals surface area contributed by atoms with Crippen molar-refractivity contribution in [2.75, 3.05) is 7.11 Å². The fraction of sp³-hybridized carbons (Fsp3) is 0.167. The van der Waals surface area contributed by atoms with E-state index >= 15 is 0 Å². The Morgan fingerprint density at radius 1 is 1.38 bits per heavy atom. The SMILES string of the molecule is COc1ccc(Br)c(C(N)c2ccco2)c1. The van der Waals surface area contributed by atoms with Gasteiger partial charge in [0.25, 0.3) is 0 Å². The van der Waals surface area contributed by atoms with Gasteiger partial charge in [-0.25, -0.2) is 0 Å². The zero-order valence-corrected chi connectivity index (χ0v) is 10.4. The predicted octanol–water partition coefficient (Wildman–Crippen LogP) is 3.10. The Hall–Kier alpha value is -1.26. The van der Waals surface area contributed by atoms with Crippen LogP contribution in [0.1, 0.15) is 17.4 Å². The van der Waals surface area contributed by atoms with Crippen molar-refractivity contribution >= 4 is 15.9 Å². The third kappa shape index (κ3) is 2.13. The van der Waals surface area contributed by atoms with Gasteiger partial charge >= 0.3 is 0 Å². The van der Waals surface area contributed by atoms with Crippen molar-refractivity contribution in [2.24, 2.45) is 5.73 Å². The van der Waals surface area contributed by atoms with Crippen LogP contribution in [0.25, 0.3) is 0 Å². The average molecular weight is 282 g/mol. The first kappa shape index (κ1) is 11.2. The second-order valence-electron chi connectivity index (χ2n) is 3.38. The number of furan rings is 1. The normalized spacial score (nSPS) is 12.4. The van der Waals surface area contributed by atoms with Gasteiger partial charge in [0.2, 0.25) is 0 Å². The number of ether oxygens (including phenoxy) is 1. The molecule has 0 aliphatic carbocycles. The van der Waals surface area contributed by atoms with E-state index in [1.807, 2.05) is 30.3 Å². The Balaban J connectivity index is 2.39. The highest BCUT2D eigenvalue weighted by atomic mass is 79.9. The summed E-state index contributed by atoms with van der Waals surface area (Å²) in [6.07, 6.45) is 1.61. The number of hydrogen-bond acceptors (Lipinski definition) is 3. The number of rotatable bonds is 3. The van der Waals surface area contributed by atoms with Crippen LogP contribution in [-0.2, 0) is 0 Å². The Kier molecular flexibility index (Phi) is 3.31. The van der Waals surface area contributed by atoms with Gasteiger partial charge in [-0.05, 0) is 35.9 Å². The van der Waals surface area contributed by atoms with Crippen molar-refractivity contribution in [3.63, 3.8) is 0 Å². The molecule has 1 atom stereocenters. The van der Waals surface area contributed by atoms with Crippen LogP contribution in [0.15, 0.2) is 45.5 Å². The molecule has 1 aromatic heterocycles. The fourth-order valence-corrected chi connectivity index (χ4v) is 2.00. The summed E-state index contributed by atoms with van der Waals surface area (Å²) in [4.78, 5) is 0. The van der Waals surface area contributed by atoms with E-state index in [-0.39, 0.29) is 6.04 Å². The second kappa shape index (κ2) is 4.72. The molecule has 0 bridgehead atoms. The van der Waals surface area contributed by atoms with Crippen LogP contribution < -0.4 is 10.5 Å². The van der Waals surface area contributed by atoms with E-state index < -0.39 is 0 Å². The third-order valence-corrected chi connectivity index (χ3v) is 3.11. The van der Waals surface area contributed by atoms with Crippen LogP contribution in [0.3, 0.4) is 0 Å². The monoisotopic (exact) mass is 281 g/mol. The molecule has 0 amide bonds. The Morgan fingerprint density at radius 2 is 2.19 bits per heavy atom. The molecule has 3 nitrogen and oxygen atoms in total. The number of halogens is 1. The van der Waals surface area contributed by atoms with E-state index in [0.717, 1.165) is 21.5 Å². The van der Waals surface area contributed by atoms with Gasteiger partial charge in [-0.2, -0.15) is 0 Å². The van der Waals surface area contributed by atoms with Crippen molar-refractivity contribution in [3.05, 3.63) is 52.4 Å². The van der Waals surface area contributed by atoms with Crippen molar-refractivity contribution < 1.29 is 9.15 Å². The van der Waals surface area contributed by atoms with Gasteiger partial charge in [0.05, 0.1) is 19.4 Å². The summed E-state index contributed by atoms with van der Waals surface area (Å²) < 4.78 is 11.4. The molecule has 0 radical (unpaired) electrons. The van der Waals surface area contributed by atoms with Gasteiger partial charge in [-0.3, -0.25) is 0 Å². The minimum absolute atomic E-state index is 0.292. The quantitative estimate of drug-likeness (QED) is 0.941. The second-order valence-corrected chi connectivity index (χ2v) is 4.23. The van der Waals surface area contributed by atoms with E-state index in [4.69, 9.17) is 14.9 Å². The summed E-state index contributed by atoms with van der Waals surface area (Å²) in [5.74, 6) is 1.51. The Morgan fingerprint density at radius 3 is 2.81 bits per heavy atom. The zero-order chi connectivity index (χ0) is 11.5. The molecule has 0 saturated heterocycles. The molecule has 2 aromatic rings. The average Bonchev–Trinajstić information content (AvgIpc) is 2.82. The van der Waals surface area contributed by atoms with Crippen LogP contribution in [0.2, 0.25) is 0 Å². The third-order valence-electron chi connectivity index (χ3n) is 2.39. The van der Waals surface area contributed by atoms with Gasteiger partial charge < -0.3 is 14.9 Å². The first-order valence-corrected chi connectivity index (χ1v) is 5.64. The van der Waals surface area contributed by atoms with Crippen LogP contribution in [0.5, 0.6) is 5.75 Å². The summed E-state index contributed by atoms with van der Waals surface area (Å²) in [6.45, 7) is 0. The van der Waals surface area contributed by atoms with Gasteiger partial charge in [0, 0.05) is 4.47 Å². The standard InChI is InChI=1S/C12H12BrNO2/c1-15-8-4-5-10(13)9(7-8)12(14)11-3-2-6-16-11/h2-7,12H,14H2,1H3. The fourth-order valence-electron chi connectivity index (χ4n) is 1.51. The highest BCUT2D eigenvalue weighted by Gasteiger charge is 2.15. The zero-order valence-electron chi connectivity index (χ0n) is 8.81. The highest BCUT2D eigenvalue weighted by molar-refractivity contribution is 9.10. The summed E-state index contributed by atoms with van der Waals surface area (Å²) in [5.41, 5.74) is 7.05. The topological polar surface area (TPSA) is 48.4 Å². The van der Waals surface area contributed by atoms with Crippen molar-refractivity contribution in [2.45, 2.75) is 6.04 Å². The van der Waals surface area contributed by atoms with Crippen LogP contribution in [0.4, 0.5) is 0 Å². The van der Waals surface area contributed by atoms with Crippen molar-refractivity contribution in [1.82, 2.24) is 0 Å². The molecule has 16 heavy (non-hydrogen) atoms. The van der Waals surface area contributed by atoms with Crippen LogP contribution in [-0.4, -0.2) is 7.11 Å². The van der Waals surface area contributed by atoms with E-state index in [1.54, 1.807) is 13.4 Å². The lowest BCUT2D eigenvalue weighted by molar-refractivity contribution is 0.413. The summed E-state index contributed by atoms with van der Waals surface area (Å²) in [6, 6.07) is 9.08. The molecule has 2 N–H and O–H groups in total. The molecule has 0 fully saturated rings. The largest absolute Gasteiger partial charge is 0.497 e. The molecule has 84 valence electrons. The first-order valence-electron chi connectivity index (χ1n) is 4.85.